The van der Waals surface area contributed by atoms with Crippen LogP contribution in [0.5, 0.6) is 11.5 Å². The van der Waals surface area contributed by atoms with Gasteiger partial charge in [0.1, 0.15) is 18.1 Å². The van der Waals surface area contributed by atoms with E-state index in [9.17, 15) is 4.79 Å². The van der Waals surface area contributed by atoms with Crippen molar-refractivity contribution in [3.8, 4) is 17.2 Å². The highest BCUT2D eigenvalue weighted by atomic mass is 32.2. The maximum atomic E-state index is 11.1. The lowest BCUT2D eigenvalue weighted by atomic mass is 10.0. The predicted octanol–water partition coefficient (Wildman–Crippen LogP) is 9.38. The van der Waals surface area contributed by atoms with Crippen molar-refractivity contribution < 1.29 is 19.4 Å². The molecule has 0 saturated carbocycles. The third-order valence-electron chi connectivity index (χ3n) is 9.09. The van der Waals surface area contributed by atoms with Crippen LogP contribution in [0.3, 0.4) is 0 Å². The van der Waals surface area contributed by atoms with Gasteiger partial charge in [-0.15, -0.1) is 10.2 Å². The minimum atomic E-state index is -0.836. The van der Waals surface area contributed by atoms with Crippen molar-refractivity contribution in [3.05, 3.63) is 119 Å². The smallest absolute Gasteiger partial charge is 0.307 e. The van der Waals surface area contributed by atoms with E-state index in [4.69, 9.17) is 14.6 Å². The Bertz CT molecular complexity index is 1870. The Balaban J connectivity index is 1.21. The normalized spacial score (nSPS) is 12.1. The molecule has 8 nitrogen and oxygen atoms in total. The molecule has 1 aliphatic rings. The molecule has 2 N–H and O–H groups in total. The lowest BCUT2D eigenvalue weighted by Crippen LogP contribution is -2.08. The zero-order valence-corrected chi connectivity index (χ0v) is 29.8. The molecular formula is C41H46N4O4S. The van der Waals surface area contributed by atoms with Crippen molar-refractivity contribution in [2.75, 3.05) is 11.9 Å². The van der Waals surface area contributed by atoms with Gasteiger partial charge in [-0.25, -0.2) is 0 Å². The van der Waals surface area contributed by atoms with E-state index in [0.717, 1.165) is 75.6 Å². The Morgan fingerprint density at radius 3 is 2.48 bits per heavy atom. The number of rotatable bonds is 18. The molecule has 9 heteroatoms. The number of unbranched alkanes of at least 4 members (excludes halogenated alkanes) is 4. The summed E-state index contributed by atoms with van der Waals surface area (Å²) in [5, 5.41) is 22.6. The van der Waals surface area contributed by atoms with Crippen molar-refractivity contribution in [2.45, 2.75) is 94.8 Å². The number of aromatic nitrogens is 3. The van der Waals surface area contributed by atoms with Crippen LogP contribution in [-0.2, 0) is 37.2 Å². The summed E-state index contributed by atoms with van der Waals surface area (Å²) in [4.78, 5) is 12.1. The topological polar surface area (TPSA) is 98.5 Å². The Labute approximate surface area is 299 Å². The molecule has 0 unspecified atom stereocenters. The second-order valence-corrected chi connectivity index (χ2v) is 13.8. The van der Waals surface area contributed by atoms with Crippen molar-refractivity contribution >= 4 is 23.4 Å². The monoisotopic (exact) mass is 690 g/mol. The van der Waals surface area contributed by atoms with Crippen LogP contribution in [0.25, 0.3) is 5.69 Å². The van der Waals surface area contributed by atoms with E-state index >= 15 is 0 Å². The summed E-state index contributed by atoms with van der Waals surface area (Å²) in [7, 11) is 0. The molecule has 1 aromatic heterocycles. The number of benzene rings is 4. The van der Waals surface area contributed by atoms with E-state index in [0.29, 0.717) is 19.8 Å². The number of aryl methyl sites for hydroxylation is 1. The number of carbonyl (C=O) groups is 1. The molecule has 1 heterocycles. The van der Waals surface area contributed by atoms with Crippen LogP contribution in [0.1, 0.15) is 79.1 Å². The number of hydrogen-bond donors (Lipinski definition) is 2. The molecule has 0 saturated heterocycles. The second-order valence-electron chi connectivity index (χ2n) is 12.8. The molecule has 0 spiro atoms. The number of para-hydroxylation sites is 1. The average molecular weight is 691 g/mol. The fraction of sp³-hybridized carbons (Fsp3) is 0.341. The third kappa shape index (κ3) is 9.07. The molecule has 4 aromatic carbocycles. The van der Waals surface area contributed by atoms with Gasteiger partial charge in [-0.3, -0.25) is 9.36 Å². The average Bonchev–Trinajstić information content (AvgIpc) is 3.78. The quantitative estimate of drug-likeness (QED) is 0.0878. The van der Waals surface area contributed by atoms with E-state index in [1.807, 2.05) is 42.5 Å². The molecule has 0 radical (unpaired) electrons. The highest BCUT2D eigenvalue weighted by Gasteiger charge is 2.21. The largest absolute Gasteiger partial charge is 0.493 e. The number of carboxylic acid groups (broad SMARTS) is 1. The maximum Gasteiger partial charge on any atom is 0.307 e. The van der Waals surface area contributed by atoms with Gasteiger partial charge >= 0.3 is 5.97 Å². The molecular weight excluding hydrogens is 645 g/mol. The number of nitrogens with zero attached hydrogens (tertiary/aromatic N) is 3. The van der Waals surface area contributed by atoms with Crippen LogP contribution in [0, 0.1) is 6.92 Å². The van der Waals surface area contributed by atoms with Gasteiger partial charge in [0.15, 0.2) is 5.82 Å². The summed E-state index contributed by atoms with van der Waals surface area (Å²) < 4.78 is 14.9. The van der Waals surface area contributed by atoms with Crippen LogP contribution < -0.4 is 14.8 Å². The SMILES string of the molecule is CCCCCCCOc1cc(Sc2nnc(COc3ccc(C)c4c3CCC4)n2-c2ccccc2)ccc1CNc1ccc(CC(=O)O)cc1. The molecule has 5 aromatic rings. The Kier molecular flexibility index (Phi) is 12.1. The Morgan fingerprint density at radius 1 is 0.880 bits per heavy atom. The first-order chi connectivity index (χ1) is 24.5. The van der Waals surface area contributed by atoms with Crippen molar-refractivity contribution in [1.29, 1.82) is 0 Å². The predicted molar refractivity (Wildman–Crippen MR) is 199 cm³/mol. The first-order valence-corrected chi connectivity index (χ1v) is 18.5. The lowest BCUT2D eigenvalue weighted by molar-refractivity contribution is -0.136. The molecule has 50 heavy (non-hydrogen) atoms. The highest BCUT2D eigenvalue weighted by molar-refractivity contribution is 7.99. The van der Waals surface area contributed by atoms with Crippen LogP contribution in [0.4, 0.5) is 5.69 Å². The molecule has 0 fully saturated rings. The van der Waals surface area contributed by atoms with Crippen molar-refractivity contribution in [2.24, 2.45) is 0 Å². The van der Waals surface area contributed by atoms with Gasteiger partial charge in [-0.05, 0) is 109 Å². The van der Waals surface area contributed by atoms with E-state index in [-0.39, 0.29) is 6.42 Å². The number of anilines is 1. The fourth-order valence-corrected chi connectivity index (χ4v) is 7.31. The van der Waals surface area contributed by atoms with Crippen LogP contribution >= 0.6 is 11.8 Å². The molecule has 260 valence electrons. The third-order valence-corrected chi connectivity index (χ3v) is 10.0. The molecule has 1 aliphatic carbocycles. The number of nitrogens with one attached hydrogen (secondary N) is 1. The molecule has 0 aliphatic heterocycles. The lowest BCUT2D eigenvalue weighted by Gasteiger charge is -2.16. The molecule has 6 rings (SSSR count). The Hall–Kier alpha value is -4.76. The number of hydrogen-bond acceptors (Lipinski definition) is 7. The summed E-state index contributed by atoms with van der Waals surface area (Å²) >= 11 is 1.55. The molecule has 0 amide bonds. The van der Waals surface area contributed by atoms with Gasteiger partial charge in [0.2, 0.25) is 5.16 Å². The van der Waals surface area contributed by atoms with Gasteiger partial charge in [-0.2, -0.15) is 0 Å². The summed E-state index contributed by atoms with van der Waals surface area (Å²) in [6, 6.07) is 28.3. The zero-order chi connectivity index (χ0) is 34.7. The summed E-state index contributed by atoms with van der Waals surface area (Å²) in [5.74, 6) is 1.68. The van der Waals surface area contributed by atoms with Crippen LogP contribution in [-0.4, -0.2) is 32.4 Å². The highest BCUT2D eigenvalue weighted by Crippen LogP contribution is 2.36. The van der Waals surface area contributed by atoms with Gasteiger partial charge in [0, 0.05) is 28.4 Å². The van der Waals surface area contributed by atoms with E-state index in [1.165, 1.54) is 42.4 Å². The Morgan fingerprint density at radius 2 is 1.68 bits per heavy atom. The number of carboxylic acids is 1. The second kappa shape index (κ2) is 17.3. The molecule has 0 bridgehead atoms. The van der Waals surface area contributed by atoms with Crippen molar-refractivity contribution in [3.63, 3.8) is 0 Å². The maximum absolute atomic E-state index is 11.1. The fourth-order valence-electron chi connectivity index (χ4n) is 6.41. The number of ether oxygens (including phenoxy) is 2. The van der Waals surface area contributed by atoms with E-state index in [1.54, 1.807) is 11.8 Å². The number of fused-ring (bicyclic) bond motifs is 1. The minimum Gasteiger partial charge on any atom is -0.493 e. The van der Waals surface area contributed by atoms with Gasteiger partial charge < -0.3 is 19.9 Å². The summed E-state index contributed by atoms with van der Waals surface area (Å²) in [6.45, 7) is 5.94. The zero-order valence-electron chi connectivity index (χ0n) is 29.0. The first kappa shape index (κ1) is 35.1. The van der Waals surface area contributed by atoms with Crippen LogP contribution in [0.2, 0.25) is 0 Å². The first-order valence-electron chi connectivity index (χ1n) is 17.7. The minimum absolute atomic E-state index is 0.0106. The van der Waals surface area contributed by atoms with Gasteiger partial charge in [-0.1, -0.05) is 75.1 Å². The van der Waals surface area contributed by atoms with Crippen molar-refractivity contribution in [1.82, 2.24) is 14.8 Å². The number of aliphatic carboxylic acids is 1. The van der Waals surface area contributed by atoms with Gasteiger partial charge in [0.25, 0.3) is 0 Å². The summed E-state index contributed by atoms with van der Waals surface area (Å²) in [5.41, 5.74) is 7.80. The molecule has 0 atom stereocenters. The van der Waals surface area contributed by atoms with Crippen LogP contribution in [0.15, 0.2) is 95.0 Å². The summed E-state index contributed by atoms with van der Waals surface area (Å²) in [6.07, 6.45) is 9.16. The van der Waals surface area contributed by atoms with Gasteiger partial charge in [0.05, 0.1) is 13.0 Å². The van der Waals surface area contributed by atoms with E-state index < -0.39 is 5.97 Å². The standard InChI is InChI=1S/C41H46N4O4S/c1-3-4-5-6-10-24-48-38-26-34(22-19-31(38)27-42-32-20-17-30(18-21-32)25-40(46)47)50-41-44-43-39(45(41)33-12-8-7-9-13-33)28-49-37-23-16-29(2)35-14-11-15-36(35)37/h7-9,12-13,16-23,26,42H,3-6,10-11,14-15,24-25,27-28H2,1-2H3,(H,46,47). The van der Waals surface area contributed by atoms with E-state index in [2.05, 4.69) is 76.4 Å².